The number of likely N-dealkylation sites (tertiary alicyclic amines) is 1. The summed E-state index contributed by atoms with van der Waals surface area (Å²) in [7, 11) is 0. The molecule has 2 unspecified atom stereocenters. The maximum atomic E-state index is 13.4. The lowest BCUT2D eigenvalue weighted by Gasteiger charge is -2.25. The molecule has 0 radical (unpaired) electrons. The number of fused-ring (bicyclic) bond motifs is 1. The second-order valence-corrected chi connectivity index (χ2v) is 8.15. The first-order valence-corrected chi connectivity index (χ1v) is 10.7. The van der Waals surface area contributed by atoms with Crippen LogP contribution < -0.4 is 0 Å². The van der Waals surface area contributed by atoms with Crippen molar-refractivity contribution in [2.24, 2.45) is 0 Å². The van der Waals surface area contributed by atoms with E-state index in [1.165, 1.54) is 4.90 Å². The highest BCUT2D eigenvalue weighted by atomic mass is 16.2. The summed E-state index contributed by atoms with van der Waals surface area (Å²) in [5.74, 6) is -0.632. The molecule has 32 heavy (non-hydrogen) atoms. The van der Waals surface area contributed by atoms with E-state index >= 15 is 0 Å². The van der Waals surface area contributed by atoms with Gasteiger partial charge in [-0.2, -0.15) is 0 Å². The molecule has 2 atom stereocenters. The van der Waals surface area contributed by atoms with Gasteiger partial charge in [0.2, 0.25) is 0 Å². The van der Waals surface area contributed by atoms with Gasteiger partial charge >= 0.3 is 6.03 Å². The van der Waals surface area contributed by atoms with Crippen molar-refractivity contribution in [3.05, 3.63) is 108 Å². The number of carbonyl (C=O) groups excluding carboxylic acids is 3. The van der Waals surface area contributed by atoms with E-state index in [2.05, 4.69) is 0 Å². The van der Waals surface area contributed by atoms with Gasteiger partial charge in [0.1, 0.15) is 12.1 Å². The zero-order valence-corrected chi connectivity index (χ0v) is 17.5. The monoisotopic (exact) mass is 425 g/mol. The lowest BCUT2D eigenvalue weighted by molar-refractivity contribution is -0.141. The van der Waals surface area contributed by atoms with Gasteiger partial charge in [-0.15, -0.1) is 0 Å². The van der Waals surface area contributed by atoms with Crippen LogP contribution in [0.5, 0.6) is 0 Å². The lowest BCUT2D eigenvalue weighted by atomic mass is 10.1. The van der Waals surface area contributed by atoms with Crippen molar-refractivity contribution in [3.8, 4) is 0 Å². The van der Waals surface area contributed by atoms with E-state index in [1.807, 2.05) is 91.0 Å². The summed E-state index contributed by atoms with van der Waals surface area (Å²) in [5, 5.41) is 0. The largest absolute Gasteiger partial charge is 0.322 e. The zero-order valence-electron chi connectivity index (χ0n) is 17.5. The van der Waals surface area contributed by atoms with Crippen LogP contribution in [0, 0.1) is 0 Å². The number of amides is 4. The van der Waals surface area contributed by atoms with Crippen molar-refractivity contribution in [2.45, 2.75) is 31.7 Å². The molecule has 0 aliphatic carbocycles. The summed E-state index contributed by atoms with van der Waals surface area (Å²) >= 11 is 0. The zero-order chi connectivity index (χ0) is 22.1. The summed E-state index contributed by atoms with van der Waals surface area (Å²) in [6.07, 6.45) is 0. The van der Waals surface area contributed by atoms with Crippen LogP contribution in [0.1, 0.15) is 16.7 Å². The van der Waals surface area contributed by atoms with Crippen LogP contribution in [0.2, 0.25) is 0 Å². The molecule has 0 bridgehead atoms. The molecule has 160 valence electrons. The van der Waals surface area contributed by atoms with E-state index in [1.54, 1.807) is 9.80 Å². The highest BCUT2D eigenvalue weighted by Gasteiger charge is 2.60. The Hall–Kier alpha value is -3.93. The number of hydrogen-bond donors (Lipinski definition) is 0. The molecule has 2 heterocycles. The van der Waals surface area contributed by atoms with E-state index in [-0.39, 0.29) is 37.5 Å². The summed E-state index contributed by atoms with van der Waals surface area (Å²) < 4.78 is 0. The quantitative estimate of drug-likeness (QED) is 0.569. The molecule has 3 aromatic rings. The van der Waals surface area contributed by atoms with Gasteiger partial charge in [0.25, 0.3) is 11.8 Å². The average molecular weight is 425 g/mol. The first-order chi connectivity index (χ1) is 15.6. The number of urea groups is 1. The SMILES string of the molecule is O=C1C2C(C(=O)N1Cc1ccccc1)N(Cc1ccccc1)C(=O)N2Cc1ccccc1. The van der Waals surface area contributed by atoms with Gasteiger partial charge in [0, 0.05) is 13.1 Å². The van der Waals surface area contributed by atoms with Gasteiger partial charge in [-0.25, -0.2) is 4.79 Å². The summed E-state index contributed by atoms with van der Waals surface area (Å²) in [5.41, 5.74) is 2.72. The van der Waals surface area contributed by atoms with Crippen molar-refractivity contribution in [1.82, 2.24) is 14.7 Å². The van der Waals surface area contributed by atoms with Crippen LogP contribution in [-0.2, 0) is 29.2 Å². The second kappa shape index (κ2) is 8.30. The molecule has 3 aromatic carbocycles. The Labute approximate surface area is 186 Å². The maximum absolute atomic E-state index is 13.4. The Kier molecular flexibility index (Phi) is 5.19. The van der Waals surface area contributed by atoms with Gasteiger partial charge in [-0.1, -0.05) is 91.0 Å². The van der Waals surface area contributed by atoms with E-state index in [9.17, 15) is 14.4 Å². The van der Waals surface area contributed by atoms with Gasteiger partial charge in [0.05, 0.1) is 6.54 Å². The van der Waals surface area contributed by atoms with E-state index in [0.717, 1.165) is 16.7 Å². The molecule has 0 spiro atoms. The molecule has 2 fully saturated rings. The number of imide groups is 1. The van der Waals surface area contributed by atoms with Gasteiger partial charge in [-0.05, 0) is 16.7 Å². The van der Waals surface area contributed by atoms with Crippen LogP contribution in [0.4, 0.5) is 4.79 Å². The Morgan fingerprint density at radius 2 is 0.844 bits per heavy atom. The highest BCUT2D eigenvalue weighted by Crippen LogP contribution is 2.34. The van der Waals surface area contributed by atoms with Crippen molar-refractivity contribution in [1.29, 1.82) is 0 Å². The molecule has 0 aromatic heterocycles. The molecule has 5 rings (SSSR count). The molecule has 2 aliphatic heterocycles. The summed E-state index contributed by atoms with van der Waals surface area (Å²) in [6.45, 7) is 0.771. The molecular formula is C26H23N3O3. The fourth-order valence-corrected chi connectivity index (χ4v) is 4.52. The first kappa shape index (κ1) is 20.0. The number of benzene rings is 3. The lowest BCUT2D eigenvalue weighted by Crippen LogP contribution is -2.43. The normalized spacial score (nSPS) is 20.2. The predicted molar refractivity (Wildman–Crippen MR) is 119 cm³/mol. The molecular weight excluding hydrogens is 402 g/mol. The van der Waals surface area contributed by atoms with Gasteiger partial charge < -0.3 is 9.80 Å². The summed E-state index contributed by atoms with van der Waals surface area (Å²) in [6, 6.07) is 26.6. The molecule has 6 heteroatoms. The molecule has 0 saturated carbocycles. The fraction of sp³-hybridized carbons (Fsp3) is 0.192. The Morgan fingerprint density at radius 1 is 0.500 bits per heavy atom. The van der Waals surface area contributed by atoms with Crippen LogP contribution in [0.3, 0.4) is 0 Å². The standard InChI is InChI=1S/C26H23N3O3/c30-24-22-23(25(31)29(24)18-21-14-8-3-9-15-21)28(17-20-12-6-2-7-13-20)26(32)27(22)16-19-10-4-1-5-11-19/h1-15,22-23H,16-18H2. The third-order valence-corrected chi connectivity index (χ3v) is 6.08. The van der Waals surface area contributed by atoms with E-state index in [0.29, 0.717) is 0 Å². The van der Waals surface area contributed by atoms with Crippen LogP contribution in [0.15, 0.2) is 91.0 Å². The van der Waals surface area contributed by atoms with Crippen LogP contribution in [-0.4, -0.2) is 44.6 Å². The Bertz CT molecular complexity index is 1070. The third kappa shape index (κ3) is 3.54. The van der Waals surface area contributed by atoms with Crippen molar-refractivity contribution >= 4 is 17.8 Å². The number of rotatable bonds is 6. The first-order valence-electron chi connectivity index (χ1n) is 10.7. The predicted octanol–water partition coefficient (Wildman–Crippen LogP) is 3.43. The van der Waals surface area contributed by atoms with Crippen LogP contribution >= 0.6 is 0 Å². The highest BCUT2D eigenvalue weighted by molar-refractivity contribution is 6.13. The van der Waals surface area contributed by atoms with Crippen molar-refractivity contribution in [2.75, 3.05) is 0 Å². The van der Waals surface area contributed by atoms with Crippen molar-refractivity contribution < 1.29 is 14.4 Å². The van der Waals surface area contributed by atoms with Crippen molar-refractivity contribution in [3.63, 3.8) is 0 Å². The van der Waals surface area contributed by atoms with Gasteiger partial charge in [0.15, 0.2) is 0 Å². The minimum Gasteiger partial charge on any atom is -0.306 e. The minimum absolute atomic E-state index is 0.206. The number of nitrogens with zero attached hydrogens (tertiary/aromatic N) is 3. The smallest absolute Gasteiger partial charge is 0.306 e. The molecule has 2 aliphatic rings. The molecule has 0 N–H and O–H groups in total. The molecule has 6 nitrogen and oxygen atoms in total. The van der Waals surface area contributed by atoms with E-state index < -0.39 is 12.1 Å². The fourth-order valence-electron chi connectivity index (χ4n) is 4.52. The summed E-state index contributed by atoms with van der Waals surface area (Å²) in [4.78, 5) is 44.7. The third-order valence-electron chi connectivity index (χ3n) is 6.08. The van der Waals surface area contributed by atoms with Gasteiger partial charge in [-0.3, -0.25) is 14.5 Å². The minimum atomic E-state index is -0.817. The Balaban J connectivity index is 1.48. The van der Waals surface area contributed by atoms with E-state index in [4.69, 9.17) is 0 Å². The topological polar surface area (TPSA) is 60.9 Å². The average Bonchev–Trinajstić information content (AvgIpc) is 3.23. The molecule has 2 saturated heterocycles. The van der Waals surface area contributed by atoms with Crippen LogP contribution in [0.25, 0.3) is 0 Å². The Morgan fingerprint density at radius 3 is 1.22 bits per heavy atom. The maximum Gasteiger partial charge on any atom is 0.322 e. The molecule has 4 amide bonds. The number of carbonyl (C=O) groups is 3. The second-order valence-electron chi connectivity index (χ2n) is 8.15. The number of hydrogen-bond acceptors (Lipinski definition) is 3.